The van der Waals surface area contributed by atoms with Crippen LogP contribution in [-0.2, 0) is 10.0 Å². The molecule has 1 saturated heterocycles. The van der Waals surface area contributed by atoms with E-state index in [9.17, 15) is 13.2 Å². The highest BCUT2D eigenvalue weighted by molar-refractivity contribution is 7.89. The highest BCUT2D eigenvalue weighted by atomic mass is 32.2. The van der Waals surface area contributed by atoms with E-state index in [0.717, 1.165) is 11.1 Å². The number of benzene rings is 2. The topological polar surface area (TPSA) is 76.8 Å². The molecule has 3 aromatic rings. The smallest absolute Gasteiger partial charge is 0.339 e. The van der Waals surface area contributed by atoms with E-state index in [1.54, 1.807) is 31.2 Å². The average molecular weight is 411 g/mol. The van der Waals surface area contributed by atoms with Crippen molar-refractivity contribution in [3.63, 3.8) is 0 Å². The van der Waals surface area contributed by atoms with Crippen LogP contribution in [0.1, 0.15) is 12.2 Å². The lowest BCUT2D eigenvalue weighted by Gasteiger charge is -2.18. The molecule has 2 aromatic carbocycles. The lowest BCUT2D eigenvalue weighted by atomic mass is 10.1. The van der Waals surface area contributed by atoms with Gasteiger partial charge in [-0.3, -0.25) is 0 Å². The van der Waals surface area contributed by atoms with Gasteiger partial charge in [0.25, 0.3) is 0 Å². The van der Waals surface area contributed by atoms with Crippen molar-refractivity contribution in [2.45, 2.75) is 24.3 Å². The zero-order valence-corrected chi connectivity index (χ0v) is 16.8. The quantitative estimate of drug-likeness (QED) is 0.643. The Hall–Kier alpha value is -2.90. The van der Waals surface area contributed by atoms with E-state index in [0.29, 0.717) is 24.5 Å². The maximum absolute atomic E-state index is 13.1. The number of nitrogens with zero attached hydrogens (tertiary/aromatic N) is 1. The van der Waals surface area contributed by atoms with E-state index >= 15 is 0 Å². The summed E-state index contributed by atoms with van der Waals surface area (Å²) >= 11 is 0. The SMILES string of the molecule is Cc1cc(OC2CCN(S(=O)(=O)c3cccc(-c4ccccc4)c3)C2)cc(=O)o1. The number of sulfonamides is 1. The predicted molar refractivity (Wildman–Crippen MR) is 109 cm³/mol. The van der Waals surface area contributed by atoms with E-state index in [-0.39, 0.29) is 17.5 Å². The van der Waals surface area contributed by atoms with Gasteiger partial charge in [-0.2, -0.15) is 4.31 Å². The normalized spacial score (nSPS) is 17.3. The van der Waals surface area contributed by atoms with Gasteiger partial charge >= 0.3 is 5.63 Å². The number of hydrogen-bond donors (Lipinski definition) is 0. The van der Waals surface area contributed by atoms with Gasteiger partial charge in [-0.1, -0.05) is 42.5 Å². The second-order valence-corrected chi connectivity index (χ2v) is 8.95. The van der Waals surface area contributed by atoms with Gasteiger partial charge in [0.15, 0.2) is 0 Å². The molecule has 150 valence electrons. The number of aryl methyl sites for hydroxylation is 1. The van der Waals surface area contributed by atoms with Gasteiger partial charge in [0.2, 0.25) is 10.0 Å². The molecule has 1 aliphatic rings. The van der Waals surface area contributed by atoms with Crippen LogP contribution < -0.4 is 10.4 Å². The Morgan fingerprint density at radius 2 is 1.76 bits per heavy atom. The molecule has 4 rings (SSSR count). The van der Waals surface area contributed by atoms with E-state index in [1.807, 2.05) is 36.4 Å². The zero-order chi connectivity index (χ0) is 20.4. The molecule has 6 nitrogen and oxygen atoms in total. The summed E-state index contributed by atoms with van der Waals surface area (Å²) in [5.74, 6) is 0.849. The summed E-state index contributed by atoms with van der Waals surface area (Å²) in [6.45, 7) is 2.26. The van der Waals surface area contributed by atoms with Crippen molar-refractivity contribution in [2.24, 2.45) is 0 Å². The molecular weight excluding hydrogens is 390 g/mol. The Labute approximate surface area is 169 Å². The van der Waals surface area contributed by atoms with E-state index in [1.165, 1.54) is 10.4 Å². The molecule has 0 aliphatic carbocycles. The molecule has 0 saturated carbocycles. The number of rotatable bonds is 5. The maximum Gasteiger partial charge on any atom is 0.339 e. The fraction of sp³-hybridized carbons (Fsp3) is 0.227. The number of hydrogen-bond acceptors (Lipinski definition) is 5. The summed E-state index contributed by atoms with van der Waals surface area (Å²) < 4.78 is 38.4. The largest absolute Gasteiger partial charge is 0.489 e. The first kappa shape index (κ1) is 19.4. The summed E-state index contributed by atoms with van der Waals surface area (Å²) in [6, 6.07) is 19.5. The van der Waals surface area contributed by atoms with Crippen LogP contribution in [0.25, 0.3) is 11.1 Å². The molecule has 1 atom stereocenters. The zero-order valence-electron chi connectivity index (χ0n) is 15.9. The van der Waals surface area contributed by atoms with Gasteiger partial charge in [0.1, 0.15) is 17.6 Å². The first-order chi connectivity index (χ1) is 13.9. The Morgan fingerprint density at radius 3 is 2.52 bits per heavy atom. The van der Waals surface area contributed by atoms with Crippen molar-refractivity contribution in [2.75, 3.05) is 13.1 Å². The van der Waals surface area contributed by atoms with Crippen molar-refractivity contribution < 1.29 is 17.6 Å². The van der Waals surface area contributed by atoms with Gasteiger partial charge < -0.3 is 9.15 Å². The van der Waals surface area contributed by atoms with Crippen LogP contribution in [0, 0.1) is 6.92 Å². The molecular formula is C22H21NO5S. The lowest BCUT2D eigenvalue weighted by molar-refractivity contribution is 0.213. The Bertz CT molecular complexity index is 1170. The standard InChI is InChI=1S/C22H21NO5S/c1-16-12-20(14-22(24)27-16)28-19-10-11-23(15-19)29(25,26)21-9-5-8-18(13-21)17-6-3-2-4-7-17/h2-9,12-14,19H,10-11,15H2,1H3. The fourth-order valence-corrected chi connectivity index (χ4v) is 5.00. The van der Waals surface area contributed by atoms with Crippen LogP contribution >= 0.6 is 0 Å². The second-order valence-electron chi connectivity index (χ2n) is 7.01. The van der Waals surface area contributed by atoms with Crippen LogP contribution in [0.15, 0.2) is 80.8 Å². The molecule has 0 N–H and O–H groups in total. The minimum Gasteiger partial charge on any atom is -0.489 e. The predicted octanol–water partition coefficient (Wildman–Crippen LogP) is 3.46. The molecule has 1 fully saturated rings. The van der Waals surface area contributed by atoms with Crippen molar-refractivity contribution >= 4 is 10.0 Å². The van der Waals surface area contributed by atoms with E-state index in [4.69, 9.17) is 9.15 Å². The molecule has 0 amide bonds. The molecule has 7 heteroatoms. The third-order valence-electron chi connectivity index (χ3n) is 4.86. The molecule has 0 spiro atoms. The third-order valence-corrected chi connectivity index (χ3v) is 6.72. The average Bonchev–Trinajstić information content (AvgIpc) is 3.17. The molecule has 1 aromatic heterocycles. The second kappa shape index (κ2) is 7.85. The van der Waals surface area contributed by atoms with Crippen LogP contribution in [0.5, 0.6) is 5.75 Å². The highest BCUT2D eigenvalue weighted by Crippen LogP contribution is 2.27. The van der Waals surface area contributed by atoms with Gasteiger partial charge in [0, 0.05) is 12.6 Å². The summed E-state index contributed by atoms with van der Waals surface area (Å²) in [6.07, 6.45) is 0.236. The van der Waals surface area contributed by atoms with E-state index in [2.05, 4.69) is 0 Å². The minimum atomic E-state index is -3.64. The Kier molecular flexibility index (Phi) is 5.25. The van der Waals surface area contributed by atoms with Crippen LogP contribution in [0.3, 0.4) is 0 Å². The minimum absolute atomic E-state index is 0.233. The van der Waals surface area contributed by atoms with Gasteiger partial charge in [-0.25, -0.2) is 13.2 Å². The van der Waals surface area contributed by atoms with Gasteiger partial charge in [-0.15, -0.1) is 0 Å². The van der Waals surface area contributed by atoms with Crippen molar-refractivity contribution in [1.82, 2.24) is 4.31 Å². The molecule has 1 unspecified atom stereocenters. The van der Waals surface area contributed by atoms with Crippen LogP contribution in [0.2, 0.25) is 0 Å². The fourth-order valence-electron chi connectivity index (χ4n) is 3.46. The van der Waals surface area contributed by atoms with Crippen LogP contribution in [-0.4, -0.2) is 31.9 Å². The van der Waals surface area contributed by atoms with Crippen molar-refractivity contribution in [1.29, 1.82) is 0 Å². The van der Waals surface area contributed by atoms with Crippen LogP contribution in [0.4, 0.5) is 0 Å². The summed E-state index contributed by atoms with van der Waals surface area (Å²) in [5.41, 5.74) is 1.33. The van der Waals surface area contributed by atoms with Crippen molar-refractivity contribution in [3.05, 3.63) is 82.9 Å². The molecule has 0 bridgehead atoms. The monoisotopic (exact) mass is 411 g/mol. The van der Waals surface area contributed by atoms with E-state index < -0.39 is 15.6 Å². The summed E-state index contributed by atoms with van der Waals surface area (Å²) in [7, 11) is -3.64. The highest BCUT2D eigenvalue weighted by Gasteiger charge is 2.34. The third kappa shape index (κ3) is 4.26. The maximum atomic E-state index is 13.1. The molecule has 1 aliphatic heterocycles. The Balaban J connectivity index is 1.52. The first-order valence-electron chi connectivity index (χ1n) is 9.36. The molecule has 29 heavy (non-hydrogen) atoms. The number of ether oxygens (including phenoxy) is 1. The van der Waals surface area contributed by atoms with Gasteiger partial charge in [-0.05, 0) is 36.6 Å². The van der Waals surface area contributed by atoms with Crippen molar-refractivity contribution in [3.8, 4) is 16.9 Å². The summed E-state index contributed by atoms with van der Waals surface area (Å²) in [4.78, 5) is 11.7. The first-order valence-corrected chi connectivity index (χ1v) is 10.8. The van der Waals surface area contributed by atoms with Gasteiger partial charge in [0.05, 0.1) is 17.5 Å². The lowest BCUT2D eigenvalue weighted by Crippen LogP contribution is -2.31. The Morgan fingerprint density at radius 1 is 1.00 bits per heavy atom. The molecule has 2 heterocycles. The summed E-state index contributed by atoms with van der Waals surface area (Å²) in [5, 5.41) is 0. The molecule has 0 radical (unpaired) electrons.